The highest BCUT2D eigenvalue weighted by Gasteiger charge is 2.39. The number of amides is 2. The number of aliphatic carboxylic acids is 1. The van der Waals surface area contributed by atoms with Crippen LogP contribution in [0.25, 0.3) is 0 Å². The van der Waals surface area contributed by atoms with E-state index in [9.17, 15) is 14.4 Å². The molecule has 0 unspecified atom stereocenters. The van der Waals surface area contributed by atoms with Gasteiger partial charge < -0.3 is 15.3 Å². The lowest BCUT2D eigenvalue weighted by Crippen LogP contribution is -2.51. The minimum absolute atomic E-state index is 0.0345. The predicted octanol–water partition coefficient (Wildman–Crippen LogP) is 1.67. The predicted molar refractivity (Wildman–Crippen MR) is 81.8 cm³/mol. The summed E-state index contributed by atoms with van der Waals surface area (Å²) in [5.41, 5.74) is -0.820. The SMILES string of the molecule is CC(C)(NC(=O)[C@@H]1CC(=O)N(c2ccccc2Cl)C1)C(=O)O. The fourth-order valence-electron chi connectivity index (χ4n) is 2.25. The number of hydrogen-bond acceptors (Lipinski definition) is 3. The molecular weight excluding hydrogens is 308 g/mol. The van der Waals surface area contributed by atoms with Gasteiger partial charge in [0, 0.05) is 13.0 Å². The van der Waals surface area contributed by atoms with Gasteiger partial charge in [-0.05, 0) is 26.0 Å². The smallest absolute Gasteiger partial charge is 0.328 e. The van der Waals surface area contributed by atoms with Crippen molar-refractivity contribution in [1.29, 1.82) is 0 Å². The molecule has 22 heavy (non-hydrogen) atoms. The quantitative estimate of drug-likeness (QED) is 0.882. The van der Waals surface area contributed by atoms with Crippen molar-refractivity contribution in [3.8, 4) is 0 Å². The first-order chi connectivity index (χ1) is 10.2. The summed E-state index contributed by atoms with van der Waals surface area (Å²) in [6.45, 7) is 2.98. The molecule has 0 radical (unpaired) electrons. The molecule has 1 heterocycles. The van der Waals surface area contributed by atoms with Crippen molar-refractivity contribution in [2.24, 2.45) is 5.92 Å². The molecule has 6 nitrogen and oxygen atoms in total. The van der Waals surface area contributed by atoms with Crippen LogP contribution in [-0.4, -0.2) is 35.0 Å². The number of rotatable bonds is 4. The number of halogens is 1. The number of benzene rings is 1. The van der Waals surface area contributed by atoms with Crippen molar-refractivity contribution < 1.29 is 19.5 Å². The number of hydrogen-bond donors (Lipinski definition) is 2. The molecule has 1 atom stereocenters. The van der Waals surface area contributed by atoms with Gasteiger partial charge in [0.05, 0.1) is 16.6 Å². The number of nitrogens with zero attached hydrogens (tertiary/aromatic N) is 1. The minimum atomic E-state index is -1.38. The number of anilines is 1. The van der Waals surface area contributed by atoms with Gasteiger partial charge in [0.2, 0.25) is 11.8 Å². The van der Waals surface area contributed by atoms with Crippen LogP contribution in [0.5, 0.6) is 0 Å². The average molecular weight is 325 g/mol. The molecule has 0 bridgehead atoms. The zero-order chi connectivity index (χ0) is 16.5. The molecule has 1 fully saturated rings. The molecule has 0 aromatic heterocycles. The molecule has 1 saturated heterocycles. The number of carboxylic acids is 1. The first-order valence-corrected chi connectivity index (χ1v) is 7.20. The Kier molecular flexibility index (Phi) is 4.42. The molecule has 0 saturated carbocycles. The second kappa shape index (κ2) is 5.96. The maximum absolute atomic E-state index is 12.2. The lowest BCUT2D eigenvalue weighted by atomic mass is 10.0. The van der Waals surface area contributed by atoms with E-state index in [2.05, 4.69) is 5.32 Å². The van der Waals surface area contributed by atoms with Gasteiger partial charge in [-0.25, -0.2) is 4.79 Å². The zero-order valence-electron chi connectivity index (χ0n) is 12.3. The summed E-state index contributed by atoms with van der Waals surface area (Å²) in [6, 6.07) is 6.90. The summed E-state index contributed by atoms with van der Waals surface area (Å²) in [4.78, 5) is 36.8. The Hall–Kier alpha value is -2.08. The summed E-state index contributed by atoms with van der Waals surface area (Å²) in [5, 5.41) is 11.9. The minimum Gasteiger partial charge on any atom is -0.480 e. The van der Waals surface area contributed by atoms with Crippen LogP contribution < -0.4 is 10.2 Å². The molecule has 0 aliphatic carbocycles. The molecule has 1 aliphatic rings. The Labute approximate surface area is 133 Å². The van der Waals surface area contributed by atoms with Crippen molar-refractivity contribution in [2.45, 2.75) is 25.8 Å². The normalized spacial score (nSPS) is 18.4. The van der Waals surface area contributed by atoms with Gasteiger partial charge in [0.1, 0.15) is 5.54 Å². The molecule has 2 amide bonds. The Morgan fingerprint density at radius 2 is 2.00 bits per heavy atom. The van der Waals surface area contributed by atoms with E-state index in [-0.39, 0.29) is 18.9 Å². The van der Waals surface area contributed by atoms with E-state index >= 15 is 0 Å². The lowest BCUT2D eigenvalue weighted by Gasteiger charge is -2.23. The molecule has 1 aromatic carbocycles. The van der Waals surface area contributed by atoms with Gasteiger partial charge in [0.25, 0.3) is 0 Å². The summed E-state index contributed by atoms with van der Waals surface area (Å²) >= 11 is 6.07. The molecular formula is C15H17ClN2O4. The van der Waals surface area contributed by atoms with E-state index < -0.39 is 23.3 Å². The Balaban J connectivity index is 2.11. The van der Waals surface area contributed by atoms with Crippen molar-refractivity contribution in [3.05, 3.63) is 29.3 Å². The van der Waals surface area contributed by atoms with E-state index in [1.54, 1.807) is 24.3 Å². The fourth-order valence-corrected chi connectivity index (χ4v) is 2.49. The van der Waals surface area contributed by atoms with Crippen LogP contribution >= 0.6 is 11.6 Å². The van der Waals surface area contributed by atoms with Crippen LogP contribution in [0.2, 0.25) is 5.02 Å². The second-order valence-electron chi connectivity index (χ2n) is 5.78. The van der Waals surface area contributed by atoms with E-state index in [1.807, 2.05) is 0 Å². The number of carboxylic acid groups (broad SMARTS) is 1. The topological polar surface area (TPSA) is 86.7 Å². The van der Waals surface area contributed by atoms with Crippen LogP contribution in [-0.2, 0) is 14.4 Å². The zero-order valence-corrected chi connectivity index (χ0v) is 13.1. The first-order valence-electron chi connectivity index (χ1n) is 6.82. The van der Waals surface area contributed by atoms with Crippen molar-refractivity contribution in [2.75, 3.05) is 11.4 Å². The van der Waals surface area contributed by atoms with Crippen LogP contribution in [0.1, 0.15) is 20.3 Å². The van der Waals surface area contributed by atoms with Crippen LogP contribution in [0.4, 0.5) is 5.69 Å². The highest BCUT2D eigenvalue weighted by Crippen LogP contribution is 2.31. The van der Waals surface area contributed by atoms with E-state index in [0.717, 1.165) is 0 Å². The first kappa shape index (κ1) is 16.3. The largest absolute Gasteiger partial charge is 0.480 e. The summed E-state index contributed by atoms with van der Waals surface area (Å²) in [5.74, 6) is -2.38. The van der Waals surface area contributed by atoms with Crippen molar-refractivity contribution in [1.82, 2.24) is 5.32 Å². The second-order valence-corrected chi connectivity index (χ2v) is 6.18. The summed E-state index contributed by atoms with van der Waals surface area (Å²) in [7, 11) is 0. The van der Waals surface area contributed by atoms with Gasteiger partial charge in [-0.1, -0.05) is 23.7 Å². The van der Waals surface area contributed by atoms with Crippen LogP contribution in [0, 0.1) is 5.92 Å². The third kappa shape index (κ3) is 3.22. The van der Waals surface area contributed by atoms with Gasteiger partial charge in [-0.3, -0.25) is 9.59 Å². The van der Waals surface area contributed by atoms with E-state index in [1.165, 1.54) is 18.7 Å². The van der Waals surface area contributed by atoms with Crippen molar-refractivity contribution in [3.63, 3.8) is 0 Å². The Morgan fingerprint density at radius 3 is 2.59 bits per heavy atom. The molecule has 1 aliphatic heterocycles. The molecule has 2 rings (SSSR count). The van der Waals surface area contributed by atoms with Gasteiger partial charge in [0.15, 0.2) is 0 Å². The van der Waals surface area contributed by atoms with Crippen LogP contribution in [0.3, 0.4) is 0 Å². The highest BCUT2D eigenvalue weighted by molar-refractivity contribution is 6.33. The molecule has 7 heteroatoms. The fraction of sp³-hybridized carbons (Fsp3) is 0.400. The Morgan fingerprint density at radius 1 is 1.36 bits per heavy atom. The molecule has 118 valence electrons. The Bertz CT molecular complexity index is 630. The van der Waals surface area contributed by atoms with Gasteiger partial charge in [-0.15, -0.1) is 0 Å². The summed E-state index contributed by atoms with van der Waals surface area (Å²) < 4.78 is 0. The van der Waals surface area contributed by atoms with Crippen LogP contribution in [0.15, 0.2) is 24.3 Å². The van der Waals surface area contributed by atoms with Crippen molar-refractivity contribution >= 4 is 35.1 Å². The monoisotopic (exact) mass is 324 g/mol. The summed E-state index contributed by atoms with van der Waals surface area (Å²) in [6.07, 6.45) is 0.0345. The molecule has 1 aromatic rings. The van der Waals surface area contributed by atoms with E-state index in [4.69, 9.17) is 16.7 Å². The number of carbonyl (C=O) groups excluding carboxylic acids is 2. The number of para-hydroxylation sites is 1. The lowest BCUT2D eigenvalue weighted by molar-refractivity contribution is -0.146. The van der Waals surface area contributed by atoms with E-state index in [0.29, 0.717) is 10.7 Å². The molecule has 0 spiro atoms. The maximum atomic E-state index is 12.2. The average Bonchev–Trinajstić information content (AvgIpc) is 2.81. The number of carbonyl (C=O) groups is 3. The standard InChI is InChI=1S/C15H17ClN2O4/c1-15(2,14(21)22)17-13(20)9-7-12(19)18(8-9)11-6-4-3-5-10(11)16/h3-6,9H,7-8H2,1-2H3,(H,17,20)(H,21,22)/t9-/m1/s1. The molecule has 2 N–H and O–H groups in total. The maximum Gasteiger partial charge on any atom is 0.328 e. The van der Waals surface area contributed by atoms with Gasteiger partial charge >= 0.3 is 5.97 Å². The third-order valence-corrected chi connectivity index (χ3v) is 3.93. The van der Waals surface area contributed by atoms with Gasteiger partial charge in [-0.2, -0.15) is 0 Å². The highest BCUT2D eigenvalue weighted by atomic mass is 35.5. The third-order valence-electron chi connectivity index (χ3n) is 3.61. The number of nitrogens with one attached hydrogen (secondary N) is 1.